The third kappa shape index (κ3) is 3.52. The summed E-state index contributed by atoms with van der Waals surface area (Å²) >= 11 is 0. The zero-order valence-electron chi connectivity index (χ0n) is 11.4. The summed E-state index contributed by atoms with van der Waals surface area (Å²) in [4.78, 5) is 23.1. The monoisotopic (exact) mass is 281 g/mol. The minimum absolute atomic E-state index is 0.0526. The Bertz CT molecular complexity index is 467. The maximum atomic E-state index is 12.1. The second kappa shape index (κ2) is 5.98. The highest BCUT2D eigenvalue weighted by atomic mass is 16.4. The third-order valence-electron chi connectivity index (χ3n) is 3.85. The minimum Gasteiger partial charge on any atom is -0.481 e. The highest BCUT2D eigenvalue weighted by Crippen LogP contribution is 2.44. The summed E-state index contributed by atoms with van der Waals surface area (Å²) in [6.07, 6.45) is 3.85. The molecule has 0 radical (unpaired) electrons. The van der Waals surface area contributed by atoms with Gasteiger partial charge in [0.05, 0.1) is 12.5 Å². The number of tetrazole rings is 1. The Labute approximate surface area is 116 Å². The lowest BCUT2D eigenvalue weighted by Crippen LogP contribution is -2.33. The van der Waals surface area contributed by atoms with Crippen molar-refractivity contribution in [2.45, 2.75) is 51.5 Å². The molecule has 1 heterocycles. The molecule has 1 fully saturated rings. The van der Waals surface area contributed by atoms with Gasteiger partial charge in [-0.15, -0.1) is 10.2 Å². The maximum Gasteiger partial charge on any atom is 0.303 e. The fraction of sp³-hybridized carbons (Fsp3) is 0.750. The first-order valence-corrected chi connectivity index (χ1v) is 6.75. The third-order valence-corrected chi connectivity index (χ3v) is 3.85. The summed E-state index contributed by atoms with van der Waals surface area (Å²) in [7, 11) is 0. The van der Waals surface area contributed by atoms with E-state index in [9.17, 15) is 9.59 Å². The lowest BCUT2D eigenvalue weighted by atomic mass is 9.79. The van der Waals surface area contributed by atoms with E-state index in [0.29, 0.717) is 5.82 Å². The number of aliphatic carboxylic acids is 1. The molecule has 0 bridgehead atoms. The van der Waals surface area contributed by atoms with E-state index >= 15 is 0 Å². The van der Waals surface area contributed by atoms with Crippen LogP contribution < -0.4 is 5.32 Å². The van der Waals surface area contributed by atoms with Gasteiger partial charge < -0.3 is 10.4 Å². The lowest BCUT2D eigenvalue weighted by molar-refractivity contribution is -0.140. The van der Waals surface area contributed by atoms with Crippen LogP contribution in [0.1, 0.15) is 57.3 Å². The maximum absolute atomic E-state index is 12.1. The molecule has 8 heteroatoms. The number of aromatic nitrogens is 4. The summed E-state index contributed by atoms with van der Waals surface area (Å²) in [5, 5.41) is 25.2. The molecule has 0 aromatic carbocycles. The number of carbonyl (C=O) groups is 2. The number of carbonyl (C=O) groups excluding carboxylic acids is 1. The predicted octanol–water partition coefficient (Wildman–Crippen LogP) is 0.802. The summed E-state index contributed by atoms with van der Waals surface area (Å²) in [6.45, 7) is 1.77. The average molecular weight is 281 g/mol. The number of nitrogens with zero attached hydrogens (tertiary/aromatic N) is 3. The Morgan fingerprint density at radius 2 is 2.10 bits per heavy atom. The largest absolute Gasteiger partial charge is 0.481 e. The molecule has 8 nitrogen and oxygen atoms in total. The van der Waals surface area contributed by atoms with E-state index in [4.69, 9.17) is 5.11 Å². The number of nitrogens with one attached hydrogen (secondary N) is 2. The van der Waals surface area contributed by atoms with Crippen LogP contribution in [-0.2, 0) is 9.59 Å². The molecule has 1 aromatic heterocycles. The number of hydrogen-bond donors (Lipinski definition) is 3. The van der Waals surface area contributed by atoms with Gasteiger partial charge in [-0.2, -0.15) is 5.21 Å². The molecular weight excluding hydrogens is 262 g/mol. The molecule has 0 aliphatic heterocycles. The van der Waals surface area contributed by atoms with Crippen molar-refractivity contribution >= 4 is 11.9 Å². The van der Waals surface area contributed by atoms with Crippen LogP contribution in [0.2, 0.25) is 0 Å². The quantitative estimate of drug-likeness (QED) is 0.709. The second-order valence-corrected chi connectivity index (χ2v) is 5.51. The van der Waals surface area contributed by atoms with E-state index in [1.807, 2.05) is 0 Å². The number of H-pyrrole nitrogens is 1. The molecule has 1 atom stereocenters. The first-order chi connectivity index (χ1) is 9.51. The van der Waals surface area contributed by atoms with E-state index in [2.05, 4.69) is 25.9 Å². The minimum atomic E-state index is -0.842. The van der Waals surface area contributed by atoms with Gasteiger partial charge in [-0.05, 0) is 25.2 Å². The fourth-order valence-corrected chi connectivity index (χ4v) is 2.91. The van der Waals surface area contributed by atoms with Gasteiger partial charge in [0.25, 0.3) is 0 Å². The van der Waals surface area contributed by atoms with Gasteiger partial charge in [0.15, 0.2) is 5.82 Å². The van der Waals surface area contributed by atoms with E-state index in [1.165, 1.54) is 0 Å². The molecule has 3 N–H and O–H groups in total. The average Bonchev–Trinajstić information content (AvgIpc) is 2.98. The van der Waals surface area contributed by atoms with Crippen LogP contribution in [0.3, 0.4) is 0 Å². The van der Waals surface area contributed by atoms with Crippen molar-refractivity contribution in [3.8, 4) is 0 Å². The summed E-state index contributed by atoms with van der Waals surface area (Å²) in [5.74, 6) is -0.589. The van der Waals surface area contributed by atoms with Crippen LogP contribution in [0.4, 0.5) is 0 Å². The molecular formula is C12H19N5O3. The van der Waals surface area contributed by atoms with E-state index in [-0.39, 0.29) is 24.8 Å². The smallest absolute Gasteiger partial charge is 0.303 e. The Kier molecular flexibility index (Phi) is 4.31. The molecule has 2 rings (SSSR count). The molecule has 1 aliphatic rings. The number of hydrogen-bond acceptors (Lipinski definition) is 5. The molecule has 1 aliphatic carbocycles. The SMILES string of the molecule is CC(NC(=O)CC1(CC(=O)O)CCCC1)c1nn[nH]n1. The number of rotatable bonds is 6. The Morgan fingerprint density at radius 1 is 1.40 bits per heavy atom. The van der Waals surface area contributed by atoms with Crippen molar-refractivity contribution in [3.05, 3.63) is 5.82 Å². The molecule has 1 unspecified atom stereocenters. The van der Waals surface area contributed by atoms with Crippen molar-refractivity contribution in [1.29, 1.82) is 0 Å². The fourth-order valence-electron chi connectivity index (χ4n) is 2.91. The van der Waals surface area contributed by atoms with Crippen molar-refractivity contribution in [1.82, 2.24) is 25.9 Å². The van der Waals surface area contributed by atoms with Crippen LogP contribution >= 0.6 is 0 Å². The lowest BCUT2D eigenvalue weighted by Gasteiger charge is -2.26. The van der Waals surface area contributed by atoms with Crippen LogP contribution in [0, 0.1) is 5.41 Å². The number of aromatic amines is 1. The van der Waals surface area contributed by atoms with Crippen molar-refractivity contribution in [2.75, 3.05) is 0 Å². The standard InChI is InChI=1S/C12H19N5O3/c1-8(11-14-16-17-15-11)13-9(18)6-12(7-10(19)20)4-2-3-5-12/h8H,2-7H2,1H3,(H,13,18)(H,19,20)(H,14,15,16,17). The van der Waals surface area contributed by atoms with Gasteiger partial charge in [0, 0.05) is 6.42 Å². The zero-order chi connectivity index (χ0) is 14.6. The molecule has 20 heavy (non-hydrogen) atoms. The van der Waals surface area contributed by atoms with Crippen LogP contribution in [0.25, 0.3) is 0 Å². The van der Waals surface area contributed by atoms with Gasteiger partial charge in [0.1, 0.15) is 0 Å². The summed E-state index contributed by atoms with van der Waals surface area (Å²) in [5.41, 5.74) is -0.396. The highest BCUT2D eigenvalue weighted by Gasteiger charge is 2.38. The van der Waals surface area contributed by atoms with Crippen molar-refractivity contribution < 1.29 is 14.7 Å². The summed E-state index contributed by atoms with van der Waals surface area (Å²) < 4.78 is 0. The van der Waals surface area contributed by atoms with Crippen LogP contribution in [0.15, 0.2) is 0 Å². The Balaban J connectivity index is 1.93. The molecule has 1 saturated carbocycles. The normalized spacial score (nSPS) is 18.6. The number of carboxylic acid groups (broad SMARTS) is 1. The van der Waals surface area contributed by atoms with Crippen molar-refractivity contribution in [3.63, 3.8) is 0 Å². The number of carboxylic acids is 1. The molecule has 1 amide bonds. The van der Waals surface area contributed by atoms with E-state index in [1.54, 1.807) is 6.92 Å². The Hall–Kier alpha value is -1.99. The topological polar surface area (TPSA) is 121 Å². The van der Waals surface area contributed by atoms with Gasteiger partial charge in [-0.1, -0.05) is 18.1 Å². The second-order valence-electron chi connectivity index (χ2n) is 5.51. The predicted molar refractivity (Wildman–Crippen MR) is 68.5 cm³/mol. The van der Waals surface area contributed by atoms with Gasteiger partial charge in [-0.3, -0.25) is 9.59 Å². The highest BCUT2D eigenvalue weighted by molar-refractivity contribution is 5.78. The number of amides is 1. The van der Waals surface area contributed by atoms with Crippen molar-refractivity contribution in [2.24, 2.45) is 5.41 Å². The van der Waals surface area contributed by atoms with Gasteiger partial charge >= 0.3 is 5.97 Å². The Morgan fingerprint density at radius 3 is 2.65 bits per heavy atom. The van der Waals surface area contributed by atoms with Crippen LogP contribution in [-0.4, -0.2) is 37.6 Å². The van der Waals surface area contributed by atoms with Crippen LogP contribution in [0.5, 0.6) is 0 Å². The van der Waals surface area contributed by atoms with E-state index < -0.39 is 11.4 Å². The molecule has 110 valence electrons. The first kappa shape index (κ1) is 14.4. The van der Waals surface area contributed by atoms with Gasteiger partial charge in [-0.25, -0.2) is 0 Å². The molecule has 0 saturated heterocycles. The first-order valence-electron chi connectivity index (χ1n) is 6.75. The van der Waals surface area contributed by atoms with Gasteiger partial charge in [0.2, 0.25) is 5.91 Å². The van der Waals surface area contributed by atoms with E-state index in [0.717, 1.165) is 25.7 Å². The summed E-state index contributed by atoms with van der Waals surface area (Å²) in [6, 6.07) is -0.343. The molecule has 1 aromatic rings. The zero-order valence-corrected chi connectivity index (χ0v) is 11.4. The molecule has 0 spiro atoms.